The zero-order valence-electron chi connectivity index (χ0n) is 13.2. The van der Waals surface area contributed by atoms with Crippen molar-refractivity contribution in [1.29, 1.82) is 0 Å². The van der Waals surface area contributed by atoms with Gasteiger partial charge in [-0.15, -0.1) is 0 Å². The monoisotopic (exact) mass is 320 g/mol. The van der Waals surface area contributed by atoms with Crippen LogP contribution in [-0.4, -0.2) is 21.3 Å². The van der Waals surface area contributed by atoms with E-state index in [0.29, 0.717) is 6.61 Å². The summed E-state index contributed by atoms with van der Waals surface area (Å²) in [5.41, 5.74) is 4.53. The predicted octanol–water partition coefficient (Wildman–Crippen LogP) is 3.38. The first-order valence-electron chi connectivity index (χ1n) is 7.69. The van der Waals surface area contributed by atoms with E-state index in [0.717, 1.165) is 18.9 Å². The lowest BCUT2D eigenvalue weighted by molar-refractivity contribution is -0.113. The van der Waals surface area contributed by atoms with Crippen LogP contribution in [0.5, 0.6) is 0 Å². The van der Waals surface area contributed by atoms with Gasteiger partial charge in [-0.3, -0.25) is 4.79 Å². The van der Waals surface area contributed by atoms with E-state index >= 15 is 0 Å². The molecule has 0 aliphatic rings. The molecule has 6 heteroatoms. The molecule has 2 N–H and O–H groups in total. The summed E-state index contributed by atoms with van der Waals surface area (Å²) in [6.45, 7) is 5.66. The third kappa shape index (κ3) is 28.2. The third-order valence-electron chi connectivity index (χ3n) is 2.88. The van der Waals surface area contributed by atoms with Crippen molar-refractivity contribution in [2.45, 2.75) is 71.1 Å². The fraction of sp³-hybridized carbons (Fsp3) is 0.800. The number of hydrogen-bond donors (Lipinski definition) is 1. The van der Waals surface area contributed by atoms with Crippen LogP contribution >= 0.6 is 0 Å². The van der Waals surface area contributed by atoms with Gasteiger partial charge in [-0.2, -0.15) is 0 Å². The second kappa shape index (κ2) is 19.3. The Morgan fingerprint density at radius 2 is 1.48 bits per heavy atom. The first kappa shape index (κ1) is 22.6. The van der Waals surface area contributed by atoms with Crippen molar-refractivity contribution in [3.8, 4) is 0 Å². The summed E-state index contributed by atoms with van der Waals surface area (Å²) in [5, 5.41) is 0. The van der Waals surface area contributed by atoms with Gasteiger partial charge in [0.25, 0.3) is 0 Å². The Labute approximate surface area is 131 Å². The summed E-state index contributed by atoms with van der Waals surface area (Å²) >= 11 is -2.33. The van der Waals surface area contributed by atoms with E-state index in [9.17, 15) is 13.6 Å². The zero-order chi connectivity index (χ0) is 16.3. The molecule has 0 fully saturated rings. The Hall–Kier alpha value is -0.720. The van der Waals surface area contributed by atoms with Gasteiger partial charge < -0.3 is 14.5 Å². The number of nitrogens with two attached hydrogens (primary N) is 1. The number of unbranched alkanes of at least 4 members (excludes halogenated alkanes) is 9. The van der Waals surface area contributed by atoms with E-state index < -0.39 is 17.3 Å². The quantitative estimate of drug-likeness (QED) is 0.320. The van der Waals surface area contributed by atoms with E-state index in [1.807, 2.05) is 0 Å². The Morgan fingerprint density at radius 3 is 1.81 bits per heavy atom. The average molecular weight is 320 g/mol. The smallest absolute Gasteiger partial charge is 0.240 e. The van der Waals surface area contributed by atoms with Gasteiger partial charge in [0.15, 0.2) is 0 Å². The van der Waals surface area contributed by atoms with Gasteiger partial charge in [-0.25, -0.2) is 4.21 Å². The van der Waals surface area contributed by atoms with Crippen LogP contribution in [0.1, 0.15) is 71.1 Å². The van der Waals surface area contributed by atoms with Gasteiger partial charge in [-0.05, 0) is 12.5 Å². The van der Waals surface area contributed by atoms with Gasteiger partial charge in [0, 0.05) is 0 Å². The fourth-order valence-corrected chi connectivity index (χ4v) is 1.97. The predicted molar refractivity (Wildman–Crippen MR) is 86.1 cm³/mol. The molecule has 0 saturated carbocycles. The largest absolute Gasteiger partial charge is 0.750 e. The molecule has 0 radical (unpaired) electrons. The number of rotatable bonds is 13. The van der Waals surface area contributed by atoms with Crippen molar-refractivity contribution >= 4 is 17.3 Å². The van der Waals surface area contributed by atoms with Gasteiger partial charge in [0.2, 0.25) is 5.91 Å². The second-order valence-corrected chi connectivity index (χ2v) is 5.46. The number of amides is 1. The van der Waals surface area contributed by atoms with E-state index in [1.165, 1.54) is 51.4 Å². The number of carbonyl (C=O) groups is 1. The zero-order valence-corrected chi connectivity index (χ0v) is 14.0. The molecule has 0 heterocycles. The lowest BCUT2D eigenvalue weighted by Crippen LogP contribution is -2.04. The summed E-state index contributed by atoms with van der Waals surface area (Å²) in [6.07, 6.45) is 13.5. The Bertz CT molecular complexity index is 272. The standard InChI is InChI=1S/C12H26O3S.C3H5NO/c1-2-3-4-5-6-7-8-9-10-11-12-15-16(13)14;1-2-3(4)5/h2-12H2,1H3,(H,13,14);2H,1H2,(H2,4,5)/p-1. The van der Waals surface area contributed by atoms with Gasteiger partial charge in [0.1, 0.15) is 0 Å². The Morgan fingerprint density at radius 1 is 1.10 bits per heavy atom. The first-order valence-corrected chi connectivity index (χ1v) is 8.69. The molecule has 5 nitrogen and oxygen atoms in total. The van der Waals surface area contributed by atoms with Crippen LogP contribution in [0.2, 0.25) is 0 Å². The summed E-state index contributed by atoms with van der Waals surface area (Å²) < 4.78 is 24.5. The molecule has 126 valence electrons. The Balaban J connectivity index is 0. The minimum atomic E-state index is -2.33. The molecule has 0 aromatic heterocycles. The van der Waals surface area contributed by atoms with Crippen molar-refractivity contribution in [3.05, 3.63) is 12.7 Å². The van der Waals surface area contributed by atoms with E-state index in [2.05, 4.69) is 23.4 Å². The molecule has 0 aromatic carbocycles. The highest BCUT2D eigenvalue weighted by molar-refractivity contribution is 7.74. The van der Waals surface area contributed by atoms with E-state index in [1.54, 1.807) is 0 Å². The molecule has 0 aliphatic carbocycles. The minimum absolute atomic E-state index is 0.340. The maximum Gasteiger partial charge on any atom is 0.240 e. The normalized spacial score (nSPS) is 11.3. The maximum absolute atomic E-state index is 10.0. The second-order valence-electron chi connectivity index (χ2n) is 4.81. The molecular weight excluding hydrogens is 290 g/mol. The van der Waals surface area contributed by atoms with Gasteiger partial charge >= 0.3 is 0 Å². The van der Waals surface area contributed by atoms with Crippen LogP contribution in [0.15, 0.2) is 12.7 Å². The lowest BCUT2D eigenvalue weighted by Gasteiger charge is -2.05. The first-order chi connectivity index (χ1) is 10.0. The van der Waals surface area contributed by atoms with Crippen LogP contribution in [0.3, 0.4) is 0 Å². The average Bonchev–Trinajstić information content (AvgIpc) is 2.45. The fourth-order valence-electron chi connectivity index (χ4n) is 1.72. The molecule has 0 saturated heterocycles. The van der Waals surface area contributed by atoms with Crippen LogP contribution in [0.25, 0.3) is 0 Å². The van der Waals surface area contributed by atoms with Crippen molar-refractivity contribution in [1.82, 2.24) is 0 Å². The van der Waals surface area contributed by atoms with Gasteiger partial charge in [-0.1, -0.05) is 71.3 Å². The summed E-state index contributed by atoms with van der Waals surface area (Å²) in [6, 6.07) is 0. The highest BCUT2D eigenvalue weighted by Gasteiger charge is 1.92. The van der Waals surface area contributed by atoms with Crippen molar-refractivity contribution in [2.75, 3.05) is 6.61 Å². The Kier molecular flexibility index (Phi) is 20.7. The van der Waals surface area contributed by atoms with E-state index in [-0.39, 0.29) is 0 Å². The molecule has 0 spiro atoms. The number of carbonyl (C=O) groups excluding carboxylic acids is 1. The molecule has 0 aromatic rings. The SMILES string of the molecule is C=CC(N)=O.CCCCCCCCCCCCOS(=O)[O-]. The maximum atomic E-state index is 10.0. The molecule has 1 atom stereocenters. The topological polar surface area (TPSA) is 92.5 Å². The molecule has 1 amide bonds. The third-order valence-corrected chi connectivity index (χ3v) is 3.24. The lowest BCUT2D eigenvalue weighted by atomic mass is 10.1. The van der Waals surface area contributed by atoms with Crippen LogP contribution in [0, 0.1) is 0 Å². The number of hydrogen-bond acceptors (Lipinski definition) is 4. The van der Waals surface area contributed by atoms with Crippen LogP contribution < -0.4 is 5.73 Å². The van der Waals surface area contributed by atoms with Crippen molar-refractivity contribution < 1.29 is 17.7 Å². The summed E-state index contributed by atoms with van der Waals surface area (Å²) in [5.74, 6) is -0.481. The van der Waals surface area contributed by atoms with Crippen molar-refractivity contribution in [3.63, 3.8) is 0 Å². The minimum Gasteiger partial charge on any atom is -0.750 e. The molecule has 0 bridgehead atoms. The van der Waals surface area contributed by atoms with Crippen LogP contribution in [-0.2, 0) is 20.3 Å². The summed E-state index contributed by atoms with van der Waals surface area (Å²) in [4.78, 5) is 9.47. The van der Waals surface area contributed by atoms with Crippen LogP contribution in [0.4, 0.5) is 0 Å². The molecular formula is C15H30NO4S-. The van der Waals surface area contributed by atoms with Gasteiger partial charge in [0.05, 0.1) is 18.0 Å². The number of primary amides is 1. The molecule has 0 aliphatic heterocycles. The van der Waals surface area contributed by atoms with E-state index in [4.69, 9.17) is 0 Å². The summed E-state index contributed by atoms with van der Waals surface area (Å²) in [7, 11) is 0. The molecule has 0 rings (SSSR count). The molecule has 21 heavy (non-hydrogen) atoms. The van der Waals surface area contributed by atoms with Crippen molar-refractivity contribution in [2.24, 2.45) is 5.73 Å². The molecule has 1 unspecified atom stereocenters. The highest BCUT2D eigenvalue weighted by Crippen LogP contribution is 2.10. The highest BCUT2D eigenvalue weighted by atomic mass is 32.2.